The molecule has 0 saturated carbocycles. The highest BCUT2D eigenvalue weighted by Gasteiger charge is 2.39. The molecule has 6 heteroatoms. The molecule has 0 aliphatic carbocycles. The molecule has 0 aliphatic rings. The van der Waals surface area contributed by atoms with E-state index in [4.69, 9.17) is 4.74 Å². The molecular weight excluding hydrogens is 332 g/mol. The Bertz CT molecular complexity index is 634. The summed E-state index contributed by atoms with van der Waals surface area (Å²) in [7, 11) is 0. The zero-order valence-corrected chi connectivity index (χ0v) is 16.4. The fourth-order valence-corrected chi connectivity index (χ4v) is 2.60. The normalized spacial score (nSPS) is 11.0. The summed E-state index contributed by atoms with van der Waals surface area (Å²) in [4.78, 5) is 39.5. The molecule has 0 aliphatic heterocycles. The second kappa shape index (κ2) is 9.94. The Kier molecular flexibility index (Phi) is 8.29. The van der Waals surface area contributed by atoms with Crippen LogP contribution in [0.1, 0.15) is 57.8 Å². The fourth-order valence-electron chi connectivity index (χ4n) is 2.60. The lowest BCUT2D eigenvalue weighted by atomic mass is 9.89. The van der Waals surface area contributed by atoms with E-state index in [1.165, 1.54) is 0 Å². The van der Waals surface area contributed by atoms with Gasteiger partial charge in [0.1, 0.15) is 5.41 Å². The Morgan fingerprint density at radius 3 is 2.15 bits per heavy atom. The summed E-state index contributed by atoms with van der Waals surface area (Å²) in [6.07, 6.45) is 1.66. The zero-order chi connectivity index (χ0) is 19.7. The number of hydrogen-bond donors (Lipinski definition) is 1. The van der Waals surface area contributed by atoms with Gasteiger partial charge in [-0.15, -0.1) is 0 Å². The molecule has 0 heterocycles. The average molecular weight is 362 g/mol. The SMILES string of the molecule is CCCN(CCC)C(=O)C(C)(C)C(=O)Nc1ccccc1C(=O)OCC. The lowest BCUT2D eigenvalue weighted by Gasteiger charge is -2.31. The van der Waals surface area contributed by atoms with Crippen molar-refractivity contribution in [2.45, 2.75) is 47.5 Å². The minimum Gasteiger partial charge on any atom is -0.462 e. The van der Waals surface area contributed by atoms with Crippen LogP contribution in [-0.4, -0.2) is 42.4 Å². The molecule has 1 rings (SSSR count). The monoisotopic (exact) mass is 362 g/mol. The first-order chi connectivity index (χ1) is 12.3. The fraction of sp³-hybridized carbons (Fsp3) is 0.550. The number of nitrogens with zero attached hydrogens (tertiary/aromatic N) is 1. The van der Waals surface area contributed by atoms with Gasteiger partial charge in [-0.25, -0.2) is 4.79 Å². The van der Waals surface area contributed by atoms with Gasteiger partial charge in [0, 0.05) is 13.1 Å². The summed E-state index contributed by atoms with van der Waals surface area (Å²) in [5.74, 6) is -1.17. The minimum atomic E-state index is -1.24. The van der Waals surface area contributed by atoms with Crippen LogP contribution in [0.25, 0.3) is 0 Å². The molecule has 0 aromatic heterocycles. The third-order valence-electron chi connectivity index (χ3n) is 4.05. The first-order valence-corrected chi connectivity index (χ1v) is 9.16. The highest BCUT2D eigenvalue weighted by atomic mass is 16.5. The number of rotatable bonds is 9. The minimum absolute atomic E-state index is 0.215. The van der Waals surface area contributed by atoms with Crippen molar-refractivity contribution in [3.8, 4) is 0 Å². The van der Waals surface area contributed by atoms with Crippen LogP contribution in [0.15, 0.2) is 24.3 Å². The Hall–Kier alpha value is -2.37. The summed E-state index contributed by atoms with van der Waals surface area (Å²) in [5.41, 5.74) is -0.633. The van der Waals surface area contributed by atoms with Gasteiger partial charge < -0.3 is 15.0 Å². The molecule has 1 N–H and O–H groups in total. The Balaban J connectivity index is 3.02. The maximum absolute atomic E-state index is 12.9. The lowest BCUT2D eigenvalue weighted by molar-refractivity contribution is -0.146. The molecular formula is C20H30N2O4. The Morgan fingerprint density at radius 2 is 1.62 bits per heavy atom. The van der Waals surface area contributed by atoms with Gasteiger partial charge in [-0.05, 0) is 45.7 Å². The van der Waals surface area contributed by atoms with Crippen molar-refractivity contribution in [2.75, 3.05) is 25.0 Å². The molecule has 0 unspecified atom stereocenters. The molecule has 0 atom stereocenters. The number of hydrogen-bond acceptors (Lipinski definition) is 4. The quantitative estimate of drug-likeness (QED) is 0.539. The van der Waals surface area contributed by atoms with Gasteiger partial charge in [0.05, 0.1) is 17.9 Å². The van der Waals surface area contributed by atoms with E-state index in [1.807, 2.05) is 13.8 Å². The maximum atomic E-state index is 12.9. The van der Waals surface area contributed by atoms with E-state index < -0.39 is 17.3 Å². The van der Waals surface area contributed by atoms with E-state index in [0.717, 1.165) is 12.8 Å². The number of para-hydroxylation sites is 1. The van der Waals surface area contributed by atoms with Crippen molar-refractivity contribution in [1.82, 2.24) is 4.90 Å². The van der Waals surface area contributed by atoms with E-state index >= 15 is 0 Å². The molecule has 0 spiro atoms. The molecule has 6 nitrogen and oxygen atoms in total. The summed E-state index contributed by atoms with van der Waals surface area (Å²) < 4.78 is 5.02. The number of amides is 2. The standard InChI is InChI=1S/C20H30N2O4/c1-6-13-22(14-7-2)19(25)20(4,5)18(24)21-16-12-10-9-11-15(16)17(23)26-8-3/h9-12H,6-8,13-14H2,1-5H3,(H,21,24). The van der Waals surface area contributed by atoms with Crippen molar-refractivity contribution < 1.29 is 19.1 Å². The van der Waals surface area contributed by atoms with Crippen LogP contribution < -0.4 is 5.32 Å². The van der Waals surface area contributed by atoms with Gasteiger partial charge in [0.25, 0.3) is 0 Å². The molecule has 144 valence electrons. The second-order valence-corrected chi connectivity index (χ2v) is 6.64. The molecule has 0 fully saturated rings. The smallest absolute Gasteiger partial charge is 0.340 e. The largest absolute Gasteiger partial charge is 0.462 e. The Morgan fingerprint density at radius 1 is 1.04 bits per heavy atom. The second-order valence-electron chi connectivity index (χ2n) is 6.64. The first kappa shape index (κ1) is 21.7. The van der Waals surface area contributed by atoms with Crippen LogP contribution in [0.2, 0.25) is 0 Å². The topological polar surface area (TPSA) is 75.7 Å². The zero-order valence-electron chi connectivity index (χ0n) is 16.4. The number of carbonyl (C=O) groups excluding carboxylic acids is 3. The number of ether oxygens (including phenoxy) is 1. The summed E-state index contributed by atoms with van der Waals surface area (Å²) in [5, 5.41) is 2.72. The number of esters is 1. The predicted octanol–water partition coefficient (Wildman–Crippen LogP) is 3.48. The van der Waals surface area contributed by atoms with Crippen LogP contribution in [0.5, 0.6) is 0 Å². The molecule has 1 aromatic rings. The van der Waals surface area contributed by atoms with E-state index in [2.05, 4.69) is 5.32 Å². The van der Waals surface area contributed by atoms with Crippen LogP contribution in [0.3, 0.4) is 0 Å². The highest BCUT2D eigenvalue weighted by molar-refractivity contribution is 6.11. The Labute approximate surface area is 155 Å². The van der Waals surface area contributed by atoms with Crippen LogP contribution in [0, 0.1) is 5.41 Å². The van der Waals surface area contributed by atoms with Gasteiger partial charge in [0.2, 0.25) is 11.8 Å². The first-order valence-electron chi connectivity index (χ1n) is 9.16. The lowest BCUT2D eigenvalue weighted by Crippen LogP contribution is -2.48. The molecule has 1 aromatic carbocycles. The van der Waals surface area contributed by atoms with E-state index in [9.17, 15) is 14.4 Å². The van der Waals surface area contributed by atoms with Gasteiger partial charge in [-0.1, -0.05) is 26.0 Å². The maximum Gasteiger partial charge on any atom is 0.340 e. The highest BCUT2D eigenvalue weighted by Crippen LogP contribution is 2.24. The number of anilines is 1. The van der Waals surface area contributed by atoms with E-state index in [-0.39, 0.29) is 18.1 Å². The number of nitrogens with one attached hydrogen (secondary N) is 1. The molecule has 0 bridgehead atoms. The molecule has 0 saturated heterocycles. The third-order valence-corrected chi connectivity index (χ3v) is 4.05. The van der Waals surface area contributed by atoms with Gasteiger partial charge in [-0.3, -0.25) is 9.59 Å². The summed E-state index contributed by atoms with van der Waals surface area (Å²) in [6.45, 7) is 10.4. The predicted molar refractivity (Wildman–Crippen MR) is 102 cm³/mol. The molecule has 0 radical (unpaired) electrons. The van der Waals surface area contributed by atoms with Gasteiger partial charge in [0.15, 0.2) is 0 Å². The van der Waals surface area contributed by atoms with E-state index in [0.29, 0.717) is 18.8 Å². The van der Waals surface area contributed by atoms with Gasteiger partial charge in [-0.2, -0.15) is 0 Å². The van der Waals surface area contributed by atoms with E-state index in [1.54, 1.807) is 49.9 Å². The number of carbonyl (C=O) groups is 3. The van der Waals surface area contributed by atoms with Crippen molar-refractivity contribution in [1.29, 1.82) is 0 Å². The molecule has 2 amide bonds. The van der Waals surface area contributed by atoms with Crippen molar-refractivity contribution in [2.24, 2.45) is 5.41 Å². The summed E-state index contributed by atoms with van der Waals surface area (Å²) >= 11 is 0. The van der Waals surface area contributed by atoms with Gasteiger partial charge >= 0.3 is 5.97 Å². The van der Waals surface area contributed by atoms with Crippen molar-refractivity contribution >= 4 is 23.5 Å². The number of benzene rings is 1. The third kappa shape index (κ3) is 5.31. The van der Waals surface area contributed by atoms with Crippen molar-refractivity contribution in [3.63, 3.8) is 0 Å². The molecule has 26 heavy (non-hydrogen) atoms. The summed E-state index contributed by atoms with van der Waals surface area (Å²) in [6, 6.07) is 6.62. The van der Waals surface area contributed by atoms with Crippen molar-refractivity contribution in [3.05, 3.63) is 29.8 Å². The average Bonchev–Trinajstić information content (AvgIpc) is 2.61. The van der Waals surface area contributed by atoms with Crippen LogP contribution in [-0.2, 0) is 14.3 Å². The van der Waals surface area contributed by atoms with Crippen LogP contribution in [0.4, 0.5) is 5.69 Å². The van der Waals surface area contributed by atoms with Crippen LogP contribution >= 0.6 is 0 Å².